The lowest BCUT2D eigenvalue weighted by atomic mass is 9.60. The van der Waals surface area contributed by atoms with Crippen molar-refractivity contribution < 1.29 is 28.4 Å². The van der Waals surface area contributed by atoms with Crippen LogP contribution in [0.5, 0.6) is 0 Å². The predicted octanol–water partition coefficient (Wildman–Crippen LogP) is 30.4. The van der Waals surface area contributed by atoms with Crippen LogP contribution in [0.2, 0.25) is 0 Å². The van der Waals surface area contributed by atoms with Gasteiger partial charge in [0.15, 0.2) is 0 Å². The van der Waals surface area contributed by atoms with Gasteiger partial charge in [-0.25, -0.2) is 0 Å². The van der Waals surface area contributed by atoms with Crippen LogP contribution in [0.25, 0.3) is 122 Å². The Morgan fingerprint density at radius 1 is 0.169 bits per heavy atom. The molecule has 0 aliphatic heterocycles. The molecule has 124 heavy (non-hydrogen) atoms. The lowest BCUT2D eigenvalue weighted by Crippen LogP contribution is -2.43. The van der Waals surface area contributed by atoms with Crippen LogP contribution in [0.15, 0.2) is 370 Å². The van der Waals surface area contributed by atoms with Crippen molar-refractivity contribution in [3.63, 3.8) is 0 Å². The summed E-state index contributed by atoms with van der Waals surface area (Å²) in [4.78, 5) is 0. The maximum Gasteiger partial charge on any atom is 0.147 e. The van der Waals surface area contributed by atoms with Crippen molar-refractivity contribution >= 4 is 0 Å². The van der Waals surface area contributed by atoms with Gasteiger partial charge in [0.05, 0.1) is 16.8 Å². The molecule has 15 aromatic carbocycles. The SMILES string of the molecule is COCOC12CCC(C)(CC1)c1ccc(cc1)-c1ccc(cc1)C1(C)CCC(C)(CC1)c1ccc(cc1)-c1ccc(cc1)C1(OCOC)CCC(OCOC)(CC1)c1ccc(cc1)-c1ccc2cc1.Cc1ccc(-c2ccc(-c3ccc(-c4ccc(-c5ccc(-c6ccc(-c7ccc(-c8ccc(-c9ccccc9)cc8)cc7)cc6)cc5)cc4)cc3)cc2)cc1. The van der Waals surface area contributed by atoms with Crippen LogP contribution >= 0.6 is 0 Å². The van der Waals surface area contributed by atoms with Crippen molar-refractivity contribution in [3.05, 3.63) is 409 Å². The molecule has 0 radical (unpaired) electrons. The quantitative estimate of drug-likeness (QED) is 0.0847. The lowest BCUT2D eigenvalue weighted by molar-refractivity contribution is -0.203. The van der Waals surface area contributed by atoms with Crippen molar-refractivity contribution in [2.45, 2.75) is 138 Å². The van der Waals surface area contributed by atoms with Crippen molar-refractivity contribution in [2.24, 2.45) is 0 Å². The van der Waals surface area contributed by atoms with Crippen LogP contribution in [0.4, 0.5) is 0 Å². The van der Waals surface area contributed by atoms with Crippen LogP contribution in [-0.4, -0.2) is 41.7 Å². The van der Waals surface area contributed by atoms with Gasteiger partial charge in [-0.2, -0.15) is 0 Å². The molecule has 620 valence electrons. The highest BCUT2D eigenvalue weighted by molar-refractivity contribution is 5.79. The van der Waals surface area contributed by atoms with Gasteiger partial charge in [0.2, 0.25) is 0 Å². The van der Waals surface area contributed by atoms with Crippen molar-refractivity contribution in [1.29, 1.82) is 0 Å². The minimum atomic E-state index is -0.517. The van der Waals surface area contributed by atoms with Gasteiger partial charge in [-0.3, -0.25) is 0 Å². The van der Waals surface area contributed by atoms with Gasteiger partial charge in [-0.05, 0) is 256 Å². The molecular formula is C118H112O6. The van der Waals surface area contributed by atoms with E-state index < -0.39 is 16.8 Å². The maximum absolute atomic E-state index is 6.69. The highest BCUT2D eigenvalue weighted by Gasteiger charge is 2.48. The Hall–Kier alpha value is -11.9. The molecule has 0 aromatic heterocycles. The van der Waals surface area contributed by atoms with Crippen LogP contribution < -0.4 is 0 Å². The van der Waals surface area contributed by atoms with Crippen LogP contribution in [-0.2, 0) is 61.5 Å². The van der Waals surface area contributed by atoms with E-state index in [0.717, 1.165) is 75.3 Å². The Morgan fingerprint density at radius 3 is 0.484 bits per heavy atom. The zero-order valence-electron chi connectivity index (χ0n) is 72.8. The normalized spacial score (nSPS) is 20.8. The van der Waals surface area contributed by atoms with Gasteiger partial charge in [0, 0.05) is 21.3 Å². The molecule has 0 heterocycles. The third-order valence-electron chi connectivity index (χ3n) is 28.5. The van der Waals surface area contributed by atoms with E-state index in [1.165, 1.54) is 163 Å². The lowest BCUT2D eigenvalue weighted by Gasteiger charge is -2.46. The highest BCUT2D eigenvalue weighted by Crippen LogP contribution is 2.54. The zero-order valence-corrected chi connectivity index (χ0v) is 72.8. The van der Waals surface area contributed by atoms with E-state index in [1.807, 2.05) is 0 Å². The van der Waals surface area contributed by atoms with E-state index >= 15 is 0 Å². The largest absolute Gasteiger partial charge is 0.359 e. The van der Waals surface area contributed by atoms with Crippen molar-refractivity contribution in [2.75, 3.05) is 41.7 Å². The highest BCUT2D eigenvalue weighted by atomic mass is 16.7. The fourth-order valence-corrected chi connectivity index (χ4v) is 20.0. The molecule has 3 fully saturated rings. The number of hydrogen-bond acceptors (Lipinski definition) is 6. The molecule has 6 nitrogen and oxygen atoms in total. The molecule has 0 spiro atoms. The molecule has 37 rings (SSSR count). The van der Waals surface area contributed by atoms with Crippen molar-refractivity contribution in [1.82, 2.24) is 0 Å². The summed E-state index contributed by atoms with van der Waals surface area (Å²) in [5.41, 5.74) is 34.9. The van der Waals surface area contributed by atoms with Gasteiger partial charge in [-0.15, -0.1) is 0 Å². The summed E-state index contributed by atoms with van der Waals surface area (Å²) < 4.78 is 36.7. The summed E-state index contributed by atoms with van der Waals surface area (Å²) in [5.74, 6) is 0. The van der Waals surface area contributed by atoms with E-state index in [2.05, 4.69) is 398 Å². The Morgan fingerprint density at radius 2 is 0.306 bits per heavy atom. The van der Waals surface area contributed by atoms with Gasteiger partial charge in [-0.1, -0.05) is 396 Å². The first-order valence-electron chi connectivity index (χ1n) is 44.5. The second-order valence-corrected chi connectivity index (χ2v) is 36.1. The Balaban J connectivity index is 0.000000173. The third kappa shape index (κ3) is 17.6. The number of rotatable bonds is 17. The van der Waals surface area contributed by atoms with Gasteiger partial charge in [0.25, 0.3) is 0 Å². The number of ether oxygens (including phenoxy) is 6. The number of aryl methyl sites for hydroxylation is 1. The maximum atomic E-state index is 6.69. The molecule has 3 saturated carbocycles. The monoisotopic (exact) mass is 1620 g/mol. The zero-order chi connectivity index (χ0) is 84.7. The number of hydrogen-bond donors (Lipinski definition) is 0. The fraction of sp³-hybridized carbons (Fsp3) is 0.237. The van der Waals surface area contributed by atoms with Crippen LogP contribution in [0.3, 0.4) is 0 Å². The molecule has 0 unspecified atom stereocenters. The molecule has 15 aromatic rings. The smallest absolute Gasteiger partial charge is 0.147 e. The number of methoxy groups -OCH3 is 3. The first kappa shape index (κ1) is 83.0. The number of benzene rings is 15. The van der Waals surface area contributed by atoms with E-state index in [0.29, 0.717) is 0 Å². The fourth-order valence-electron chi connectivity index (χ4n) is 20.0. The predicted molar refractivity (Wildman–Crippen MR) is 512 cm³/mol. The Bertz CT molecular complexity index is 6020. The summed E-state index contributed by atoms with van der Waals surface area (Å²) in [7, 11) is 5.11. The molecular weight excluding hydrogens is 1510 g/mol. The van der Waals surface area contributed by atoms with Gasteiger partial charge < -0.3 is 28.4 Å². The van der Waals surface area contributed by atoms with E-state index in [1.54, 1.807) is 21.3 Å². The second kappa shape index (κ2) is 36.1. The van der Waals surface area contributed by atoms with Gasteiger partial charge >= 0.3 is 0 Å². The molecule has 0 atom stereocenters. The summed E-state index contributed by atoms with van der Waals surface area (Å²) in [6.07, 6.45) is 11.6. The average molecular weight is 1630 g/mol. The first-order chi connectivity index (χ1) is 60.6. The van der Waals surface area contributed by atoms with Gasteiger partial charge in [0.1, 0.15) is 20.4 Å². The topological polar surface area (TPSA) is 55.4 Å². The molecule has 0 N–H and O–H groups in total. The van der Waals surface area contributed by atoms with E-state index in [-0.39, 0.29) is 36.6 Å². The van der Waals surface area contributed by atoms with Crippen LogP contribution in [0, 0.1) is 6.92 Å². The third-order valence-corrected chi connectivity index (χ3v) is 28.5. The summed E-state index contributed by atoms with van der Waals surface area (Å²) in [6, 6.07) is 137. The van der Waals surface area contributed by atoms with E-state index in [9.17, 15) is 0 Å². The van der Waals surface area contributed by atoms with Crippen molar-refractivity contribution in [3.8, 4) is 122 Å². The molecule has 22 aliphatic rings. The minimum absolute atomic E-state index is 0.0538. The van der Waals surface area contributed by atoms with E-state index in [4.69, 9.17) is 28.4 Å². The Labute approximate surface area is 734 Å². The standard InChI is InChI=1S/C63H72O6.C55H40/c1-58-31-33-59(2,34-32-58)53-21-9-48(10-22-53)49-15-27-56(28-16-49)62(68-44-65-5)39-41-63(42-40-62,69-45-66-6)57-29-17-51(18-30-57)50-13-25-55(26-14-50)61(67-43-64-4)37-35-60(3,36-38-61)54-23-11-47(12-24-54)46-7-19-52(58)20-8-46;1-39-7-9-41(10-8-39)43-15-17-45(18-16-43)47-23-25-49(26-24-47)51-31-33-53(34-32-51)55-37-35-54(36-38-55)52-29-27-50(28-30-52)48-21-19-46(20-22-48)44-13-11-42(12-14-44)40-5-3-2-4-6-40/h7-30H,31-45H2,1-6H3;2-38H,1H3. The summed E-state index contributed by atoms with van der Waals surface area (Å²) >= 11 is 0. The average Bonchev–Trinajstić information content (AvgIpc) is 0.763. The summed E-state index contributed by atoms with van der Waals surface area (Å²) in [5, 5.41) is 0. The molecule has 22 aliphatic carbocycles. The molecule has 0 amide bonds. The summed E-state index contributed by atoms with van der Waals surface area (Å²) in [6.45, 7) is 10.2. The molecule has 6 heteroatoms. The second-order valence-electron chi connectivity index (χ2n) is 36.1. The molecule has 0 saturated heterocycles. The first-order valence-corrected chi connectivity index (χ1v) is 44.5. The Kier molecular flexibility index (Phi) is 24.2. The minimum Gasteiger partial charge on any atom is -0.359 e. The van der Waals surface area contributed by atoms with Crippen LogP contribution in [0.1, 0.15) is 137 Å². The molecule has 18 bridgehead atoms.